The van der Waals surface area contributed by atoms with Gasteiger partial charge in [-0.2, -0.15) is 0 Å². The lowest BCUT2D eigenvalue weighted by molar-refractivity contribution is -0.128. The van der Waals surface area contributed by atoms with Gasteiger partial charge in [-0.1, -0.05) is 47.5 Å². The van der Waals surface area contributed by atoms with Crippen molar-refractivity contribution in [2.75, 3.05) is 5.32 Å². The number of anilines is 1. The molecule has 0 spiro atoms. The first-order valence-corrected chi connectivity index (χ1v) is 11.5. The average Bonchev–Trinajstić information content (AvgIpc) is 3.26. The second kappa shape index (κ2) is 9.33. The molecule has 4 nitrogen and oxygen atoms in total. The second-order valence-corrected chi connectivity index (χ2v) is 9.37. The van der Waals surface area contributed by atoms with Crippen LogP contribution < -0.4 is 10.1 Å². The molecule has 0 unspecified atom stereocenters. The summed E-state index contributed by atoms with van der Waals surface area (Å²) in [6, 6.07) is 22.1. The maximum atomic E-state index is 12.8. The van der Waals surface area contributed by atoms with Crippen LogP contribution in [0.15, 0.2) is 78.2 Å². The predicted octanol–water partition coefficient (Wildman–Crippen LogP) is 7.58. The molecular weight excluding hydrogens is 463 g/mol. The van der Waals surface area contributed by atoms with Crippen molar-refractivity contribution < 1.29 is 9.53 Å². The summed E-state index contributed by atoms with van der Waals surface area (Å²) in [7, 11) is 0. The molecular formula is C25H20Cl2N2O2S. The topological polar surface area (TPSA) is 51.2 Å². The molecule has 0 saturated heterocycles. The number of nitrogens with zero attached hydrogens (tertiary/aromatic N) is 1. The number of carbonyl (C=O) groups excluding carboxylic acids is 1. The number of carbonyl (C=O) groups is 1. The van der Waals surface area contributed by atoms with E-state index in [0.29, 0.717) is 21.5 Å². The van der Waals surface area contributed by atoms with Gasteiger partial charge in [0.1, 0.15) is 10.8 Å². The zero-order valence-electron chi connectivity index (χ0n) is 17.4. The molecule has 4 rings (SSSR count). The van der Waals surface area contributed by atoms with Gasteiger partial charge in [0, 0.05) is 32.2 Å². The zero-order chi connectivity index (χ0) is 22.7. The van der Waals surface area contributed by atoms with E-state index in [0.717, 1.165) is 21.8 Å². The zero-order valence-corrected chi connectivity index (χ0v) is 19.8. The molecule has 1 amide bonds. The summed E-state index contributed by atoms with van der Waals surface area (Å²) in [5, 5.41) is 7.16. The Morgan fingerprint density at radius 3 is 2.06 bits per heavy atom. The van der Waals surface area contributed by atoms with Gasteiger partial charge in [0.25, 0.3) is 5.91 Å². The van der Waals surface area contributed by atoms with E-state index in [1.165, 1.54) is 0 Å². The fourth-order valence-electron chi connectivity index (χ4n) is 2.98. The number of hydrogen-bond acceptors (Lipinski definition) is 4. The number of hydrogen-bond donors (Lipinski definition) is 1. The first-order valence-electron chi connectivity index (χ1n) is 9.88. The van der Waals surface area contributed by atoms with Crippen LogP contribution in [-0.2, 0) is 4.79 Å². The molecule has 4 aromatic rings. The van der Waals surface area contributed by atoms with Crippen molar-refractivity contribution in [3.63, 3.8) is 0 Å². The molecule has 32 heavy (non-hydrogen) atoms. The van der Waals surface area contributed by atoms with Gasteiger partial charge in [0.2, 0.25) is 0 Å². The lowest BCUT2D eigenvalue weighted by Crippen LogP contribution is -2.42. The minimum absolute atomic E-state index is 0.251. The van der Waals surface area contributed by atoms with E-state index in [9.17, 15) is 4.79 Å². The number of aromatic nitrogens is 1. The number of thiazole rings is 1. The number of nitrogens with one attached hydrogen (secondary N) is 1. The smallest absolute Gasteiger partial charge is 0.267 e. The number of rotatable bonds is 6. The van der Waals surface area contributed by atoms with E-state index in [-0.39, 0.29) is 5.91 Å². The van der Waals surface area contributed by atoms with E-state index in [1.54, 1.807) is 49.4 Å². The molecule has 0 aliphatic carbocycles. The van der Waals surface area contributed by atoms with Crippen LogP contribution in [0.2, 0.25) is 10.0 Å². The Bertz CT molecular complexity index is 1220. The van der Waals surface area contributed by atoms with Gasteiger partial charge in [-0.15, -0.1) is 11.3 Å². The second-order valence-electron chi connectivity index (χ2n) is 7.64. The van der Waals surface area contributed by atoms with Crippen LogP contribution in [0.4, 0.5) is 5.69 Å². The van der Waals surface area contributed by atoms with Gasteiger partial charge in [-0.05, 0) is 62.4 Å². The van der Waals surface area contributed by atoms with E-state index < -0.39 is 5.60 Å². The first-order chi connectivity index (χ1) is 15.3. The van der Waals surface area contributed by atoms with Gasteiger partial charge in [0.05, 0.1) is 5.69 Å². The Morgan fingerprint density at radius 1 is 0.875 bits per heavy atom. The maximum absolute atomic E-state index is 12.8. The largest absolute Gasteiger partial charge is 0.478 e. The number of amides is 1. The minimum atomic E-state index is -1.06. The summed E-state index contributed by atoms with van der Waals surface area (Å²) in [5.74, 6) is 0.323. The average molecular weight is 483 g/mol. The van der Waals surface area contributed by atoms with Gasteiger partial charge in [-0.3, -0.25) is 4.79 Å². The summed E-state index contributed by atoms with van der Waals surface area (Å²) in [4.78, 5) is 17.5. The summed E-state index contributed by atoms with van der Waals surface area (Å²) >= 11 is 13.4. The third kappa shape index (κ3) is 5.30. The van der Waals surface area contributed by atoms with Crippen LogP contribution in [0.1, 0.15) is 13.8 Å². The Kier molecular flexibility index (Phi) is 6.51. The SMILES string of the molecule is CC(C)(Oc1ccc(Cl)cc1)C(=O)Nc1ccc(-c2csc(-c3ccc(Cl)cc3)n2)cc1. The molecule has 0 bridgehead atoms. The quantitative estimate of drug-likeness (QED) is 0.308. The Balaban J connectivity index is 1.43. The highest BCUT2D eigenvalue weighted by atomic mass is 35.5. The minimum Gasteiger partial charge on any atom is -0.478 e. The van der Waals surface area contributed by atoms with Gasteiger partial charge >= 0.3 is 0 Å². The Labute approximate surface area is 200 Å². The fourth-order valence-corrected chi connectivity index (χ4v) is 4.07. The molecule has 3 aromatic carbocycles. The van der Waals surface area contributed by atoms with E-state index >= 15 is 0 Å². The van der Waals surface area contributed by atoms with Crippen molar-refractivity contribution in [1.82, 2.24) is 4.98 Å². The van der Waals surface area contributed by atoms with E-state index in [1.807, 2.05) is 53.9 Å². The summed E-state index contributed by atoms with van der Waals surface area (Å²) in [5.41, 5.74) is 2.49. The molecule has 7 heteroatoms. The Morgan fingerprint density at radius 2 is 1.44 bits per heavy atom. The highest BCUT2D eigenvalue weighted by Crippen LogP contribution is 2.30. The normalized spacial score (nSPS) is 11.2. The number of halogens is 2. The highest BCUT2D eigenvalue weighted by molar-refractivity contribution is 7.13. The van der Waals surface area contributed by atoms with Crippen LogP contribution in [0, 0.1) is 0 Å². The number of benzene rings is 3. The third-order valence-electron chi connectivity index (χ3n) is 4.77. The summed E-state index contributed by atoms with van der Waals surface area (Å²) in [6.45, 7) is 3.44. The van der Waals surface area contributed by atoms with Crippen LogP contribution in [0.5, 0.6) is 5.75 Å². The Hall–Kier alpha value is -2.86. The molecule has 1 heterocycles. The monoisotopic (exact) mass is 482 g/mol. The summed E-state index contributed by atoms with van der Waals surface area (Å²) in [6.07, 6.45) is 0. The van der Waals surface area contributed by atoms with Crippen LogP contribution in [-0.4, -0.2) is 16.5 Å². The van der Waals surface area contributed by atoms with Crippen molar-refractivity contribution in [3.8, 4) is 27.6 Å². The van der Waals surface area contributed by atoms with E-state index in [4.69, 9.17) is 32.9 Å². The van der Waals surface area contributed by atoms with Crippen LogP contribution >= 0.6 is 34.5 Å². The van der Waals surface area contributed by atoms with Crippen molar-refractivity contribution in [1.29, 1.82) is 0 Å². The highest BCUT2D eigenvalue weighted by Gasteiger charge is 2.30. The lowest BCUT2D eigenvalue weighted by Gasteiger charge is -2.25. The van der Waals surface area contributed by atoms with Crippen molar-refractivity contribution in [2.24, 2.45) is 0 Å². The van der Waals surface area contributed by atoms with Crippen LogP contribution in [0.3, 0.4) is 0 Å². The lowest BCUT2D eigenvalue weighted by atomic mass is 10.1. The molecule has 0 atom stereocenters. The van der Waals surface area contributed by atoms with Crippen LogP contribution in [0.25, 0.3) is 21.8 Å². The molecule has 0 fully saturated rings. The predicted molar refractivity (Wildman–Crippen MR) is 133 cm³/mol. The maximum Gasteiger partial charge on any atom is 0.267 e. The van der Waals surface area contributed by atoms with Crippen molar-refractivity contribution >= 4 is 46.1 Å². The standard InChI is InChI=1S/C25H20Cl2N2O2S/c1-25(2,31-21-13-9-19(27)10-14-21)24(30)28-20-11-5-16(6-12-20)22-15-32-23(29-22)17-3-7-18(26)8-4-17/h3-15H,1-2H3,(H,28,30). The van der Waals surface area contributed by atoms with Gasteiger partial charge < -0.3 is 10.1 Å². The van der Waals surface area contributed by atoms with Gasteiger partial charge in [0.15, 0.2) is 5.60 Å². The van der Waals surface area contributed by atoms with Crippen molar-refractivity contribution in [2.45, 2.75) is 19.4 Å². The first kappa shape index (κ1) is 22.3. The fraction of sp³-hybridized carbons (Fsp3) is 0.120. The molecule has 1 N–H and O–H groups in total. The molecule has 0 saturated carbocycles. The molecule has 162 valence electrons. The van der Waals surface area contributed by atoms with E-state index in [2.05, 4.69) is 5.32 Å². The third-order valence-corrected chi connectivity index (χ3v) is 6.16. The number of ether oxygens (including phenoxy) is 1. The molecule has 1 aromatic heterocycles. The molecule has 0 radical (unpaired) electrons. The summed E-state index contributed by atoms with van der Waals surface area (Å²) < 4.78 is 5.85. The van der Waals surface area contributed by atoms with Gasteiger partial charge in [-0.25, -0.2) is 4.98 Å². The van der Waals surface area contributed by atoms with Crippen molar-refractivity contribution in [3.05, 3.63) is 88.2 Å². The molecule has 0 aliphatic rings. The molecule has 0 aliphatic heterocycles.